The van der Waals surface area contributed by atoms with Crippen LogP contribution in [0.1, 0.15) is 25.7 Å². The van der Waals surface area contributed by atoms with Crippen LogP contribution in [0.25, 0.3) is 11.0 Å². The number of halogens is 1. The molecule has 2 fully saturated rings. The molecule has 1 aromatic carbocycles. The van der Waals surface area contributed by atoms with Crippen LogP contribution < -0.4 is 5.32 Å². The van der Waals surface area contributed by atoms with Crippen LogP contribution in [0.3, 0.4) is 0 Å². The first-order chi connectivity index (χ1) is 11.8. The summed E-state index contributed by atoms with van der Waals surface area (Å²) in [6.45, 7) is 4.13. The van der Waals surface area contributed by atoms with Gasteiger partial charge < -0.3 is 14.8 Å². The van der Waals surface area contributed by atoms with Gasteiger partial charge in [0.05, 0.1) is 17.4 Å². The average molecular weight is 453 g/mol. The Labute approximate surface area is 166 Å². The lowest BCUT2D eigenvalue weighted by molar-refractivity contribution is 0.299. The molecule has 2 heterocycles. The maximum atomic E-state index is 4.52. The second-order valence-electron chi connectivity index (χ2n) is 7.11. The second kappa shape index (κ2) is 8.38. The molecule has 2 unspecified atom stereocenters. The molecule has 1 aromatic heterocycles. The number of aliphatic imine (C=N–C) groups is 1. The van der Waals surface area contributed by atoms with E-state index in [9.17, 15) is 0 Å². The smallest absolute Gasteiger partial charge is 0.193 e. The molecule has 1 aliphatic heterocycles. The van der Waals surface area contributed by atoms with E-state index in [-0.39, 0.29) is 24.0 Å². The van der Waals surface area contributed by atoms with Crippen molar-refractivity contribution < 1.29 is 0 Å². The van der Waals surface area contributed by atoms with Crippen LogP contribution in [0.5, 0.6) is 0 Å². The molecule has 1 saturated carbocycles. The third-order valence-electron chi connectivity index (χ3n) is 5.65. The highest BCUT2D eigenvalue weighted by atomic mass is 127. The molecule has 136 valence electrons. The SMILES string of the molecule is CN=C(NCCn1cnc2ccccc21)N1CC2CCCCC2C1.I. The molecule has 5 nitrogen and oxygen atoms in total. The maximum absolute atomic E-state index is 4.52. The lowest BCUT2D eigenvalue weighted by Crippen LogP contribution is -2.41. The van der Waals surface area contributed by atoms with Crippen molar-refractivity contribution in [1.29, 1.82) is 0 Å². The van der Waals surface area contributed by atoms with Gasteiger partial charge in [0.25, 0.3) is 0 Å². The Morgan fingerprint density at radius 1 is 1.20 bits per heavy atom. The van der Waals surface area contributed by atoms with Crippen LogP contribution in [0.15, 0.2) is 35.6 Å². The van der Waals surface area contributed by atoms with Gasteiger partial charge in [-0.2, -0.15) is 0 Å². The number of hydrogen-bond donors (Lipinski definition) is 1. The molecule has 25 heavy (non-hydrogen) atoms. The summed E-state index contributed by atoms with van der Waals surface area (Å²) >= 11 is 0. The predicted molar refractivity (Wildman–Crippen MR) is 114 cm³/mol. The first-order valence-corrected chi connectivity index (χ1v) is 9.20. The van der Waals surface area contributed by atoms with Gasteiger partial charge in [-0.15, -0.1) is 24.0 Å². The largest absolute Gasteiger partial charge is 0.354 e. The summed E-state index contributed by atoms with van der Waals surface area (Å²) in [6, 6.07) is 8.29. The van der Waals surface area contributed by atoms with Gasteiger partial charge in [-0.05, 0) is 36.8 Å². The minimum atomic E-state index is 0. The van der Waals surface area contributed by atoms with Crippen molar-refractivity contribution in [3.8, 4) is 0 Å². The van der Waals surface area contributed by atoms with E-state index in [2.05, 4.69) is 43.0 Å². The Bertz CT molecular complexity index is 711. The number of rotatable bonds is 3. The monoisotopic (exact) mass is 453 g/mol. The Hall–Kier alpha value is -1.31. The molecule has 2 aliphatic rings. The van der Waals surface area contributed by atoms with E-state index in [1.54, 1.807) is 0 Å². The van der Waals surface area contributed by atoms with Crippen molar-refractivity contribution >= 4 is 41.0 Å². The van der Waals surface area contributed by atoms with E-state index < -0.39 is 0 Å². The van der Waals surface area contributed by atoms with Crippen molar-refractivity contribution in [3.63, 3.8) is 0 Å². The summed E-state index contributed by atoms with van der Waals surface area (Å²) in [4.78, 5) is 11.4. The first kappa shape index (κ1) is 18.5. The molecular formula is C19H28IN5. The van der Waals surface area contributed by atoms with Crippen LogP contribution in [0.4, 0.5) is 0 Å². The standard InChI is InChI=1S/C19H27N5.HI/c1-20-19(24-12-15-6-2-3-7-16(15)13-24)21-10-11-23-14-22-17-8-4-5-9-18(17)23;/h4-5,8-9,14-16H,2-3,6-7,10-13H2,1H3,(H,20,21);1H. The molecule has 0 radical (unpaired) electrons. The Morgan fingerprint density at radius 3 is 2.64 bits per heavy atom. The number of guanidine groups is 1. The molecule has 1 N–H and O–H groups in total. The fourth-order valence-electron chi connectivity index (χ4n) is 4.39. The fraction of sp³-hybridized carbons (Fsp3) is 0.579. The van der Waals surface area contributed by atoms with Gasteiger partial charge in [-0.3, -0.25) is 4.99 Å². The predicted octanol–water partition coefficient (Wildman–Crippen LogP) is 3.35. The average Bonchev–Trinajstić information content (AvgIpc) is 3.23. The van der Waals surface area contributed by atoms with Crippen molar-refractivity contribution in [3.05, 3.63) is 30.6 Å². The number of nitrogens with one attached hydrogen (secondary N) is 1. The number of hydrogen-bond acceptors (Lipinski definition) is 2. The van der Waals surface area contributed by atoms with Gasteiger partial charge in [-0.25, -0.2) is 4.98 Å². The highest BCUT2D eigenvalue weighted by Gasteiger charge is 2.35. The Morgan fingerprint density at radius 2 is 1.92 bits per heavy atom. The van der Waals surface area contributed by atoms with Gasteiger partial charge >= 0.3 is 0 Å². The lowest BCUT2D eigenvalue weighted by atomic mass is 9.82. The zero-order valence-electron chi connectivity index (χ0n) is 14.9. The van der Waals surface area contributed by atoms with Crippen LogP contribution in [0.2, 0.25) is 0 Å². The van der Waals surface area contributed by atoms with Crippen LogP contribution in [-0.2, 0) is 6.54 Å². The Kier molecular flexibility index (Phi) is 6.19. The topological polar surface area (TPSA) is 45.5 Å². The van der Waals surface area contributed by atoms with Crippen LogP contribution >= 0.6 is 24.0 Å². The number of imidazole rings is 1. The summed E-state index contributed by atoms with van der Waals surface area (Å²) in [5.41, 5.74) is 2.26. The number of aromatic nitrogens is 2. The first-order valence-electron chi connectivity index (χ1n) is 9.20. The van der Waals surface area contributed by atoms with E-state index in [1.807, 2.05) is 19.4 Å². The highest BCUT2D eigenvalue weighted by molar-refractivity contribution is 14.0. The Balaban J connectivity index is 0.00000182. The molecule has 0 spiro atoms. The third kappa shape index (κ3) is 3.93. The lowest BCUT2D eigenvalue weighted by Gasteiger charge is -2.22. The quantitative estimate of drug-likeness (QED) is 0.441. The normalized spacial score (nSPS) is 23.4. The minimum absolute atomic E-state index is 0. The minimum Gasteiger partial charge on any atom is -0.354 e. The maximum Gasteiger partial charge on any atom is 0.193 e. The van der Waals surface area contributed by atoms with E-state index in [1.165, 1.54) is 44.3 Å². The van der Waals surface area contributed by atoms with Crippen molar-refractivity contribution in [2.24, 2.45) is 16.8 Å². The number of nitrogens with zero attached hydrogens (tertiary/aromatic N) is 4. The summed E-state index contributed by atoms with van der Waals surface area (Å²) in [6.07, 6.45) is 7.56. The van der Waals surface area contributed by atoms with Gasteiger partial charge in [0, 0.05) is 33.2 Å². The molecule has 0 amide bonds. The summed E-state index contributed by atoms with van der Waals surface area (Å²) in [5.74, 6) is 2.83. The van der Waals surface area contributed by atoms with E-state index in [0.717, 1.165) is 36.4 Å². The zero-order chi connectivity index (χ0) is 16.4. The molecule has 2 atom stereocenters. The van der Waals surface area contributed by atoms with Crippen LogP contribution in [-0.4, -0.2) is 47.1 Å². The van der Waals surface area contributed by atoms with Crippen LogP contribution in [0, 0.1) is 11.8 Å². The van der Waals surface area contributed by atoms with Crippen molar-refractivity contribution in [1.82, 2.24) is 19.8 Å². The highest BCUT2D eigenvalue weighted by Crippen LogP contribution is 2.35. The molecule has 2 aromatic rings. The summed E-state index contributed by atoms with van der Waals surface area (Å²) in [7, 11) is 1.90. The molecular weight excluding hydrogens is 425 g/mol. The fourth-order valence-corrected chi connectivity index (χ4v) is 4.39. The molecule has 1 aliphatic carbocycles. The van der Waals surface area contributed by atoms with Gasteiger partial charge in [0.15, 0.2) is 5.96 Å². The number of likely N-dealkylation sites (tertiary alicyclic amines) is 1. The third-order valence-corrected chi connectivity index (χ3v) is 5.65. The number of para-hydroxylation sites is 2. The molecule has 0 bridgehead atoms. The van der Waals surface area contributed by atoms with Crippen molar-refractivity contribution in [2.45, 2.75) is 32.2 Å². The van der Waals surface area contributed by atoms with E-state index >= 15 is 0 Å². The van der Waals surface area contributed by atoms with Gasteiger partial charge in [0.1, 0.15) is 0 Å². The summed E-state index contributed by atoms with van der Waals surface area (Å²) in [5, 5.41) is 3.55. The zero-order valence-corrected chi connectivity index (χ0v) is 17.2. The number of benzene rings is 1. The van der Waals surface area contributed by atoms with E-state index in [4.69, 9.17) is 0 Å². The van der Waals surface area contributed by atoms with Gasteiger partial charge in [0.2, 0.25) is 0 Å². The number of fused-ring (bicyclic) bond motifs is 2. The second-order valence-corrected chi connectivity index (χ2v) is 7.11. The molecule has 1 saturated heterocycles. The molecule has 4 rings (SSSR count). The molecule has 6 heteroatoms. The summed E-state index contributed by atoms with van der Waals surface area (Å²) < 4.78 is 2.21. The van der Waals surface area contributed by atoms with E-state index in [0.29, 0.717) is 0 Å². The van der Waals surface area contributed by atoms with Crippen molar-refractivity contribution in [2.75, 3.05) is 26.7 Å². The van der Waals surface area contributed by atoms with Gasteiger partial charge in [-0.1, -0.05) is 25.0 Å².